The largest absolute Gasteiger partial charge is 0.416 e. The van der Waals surface area contributed by atoms with E-state index in [2.05, 4.69) is 10.6 Å². The molecular formula is C14H19F3N2O. The Morgan fingerprint density at radius 2 is 2.00 bits per heavy atom. The minimum atomic E-state index is -4.38. The van der Waals surface area contributed by atoms with E-state index in [1.165, 1.54) is 12.1 Å². The van der Waals surface area contributed by atoms with E-state index in [0.717, 1.165) is 18.6 Å². The quantitative estimate of drug-likeness (QED) is 0.843. The Hall–Kier alpha value is -1.72. The lowest BCUT2D eigenvalue weighted by Gasteiger charge is -2.11. The van der Waals surface area contributed by atoms with Crippen molar-refractivity contribution in [3.05, 3.63) is 29.8 Å². The molecule has 6 heteroatoms. The summed E-state index contributed by atoms with van der Waals surface area (Å²) in [7, 11) is 0. The number of alkyl halides is 3. The number of hydrogen-bond donors (Lipinski definition) is 2. The first-order valence-corrected chi connectivity index (χ1v) is 6.47. The zero-order chi connectivity index (χ0) is 15.2. The van der Waals surface area contributed by atoms with Gasteiger partial charge in [0.1, 0.15) is 0 Å². The standard InChI is InChI=1S/C14H19F3N2O/c1-10(2)6-7-18-13(20)9-19-12-5-3-4-11(8-12)14(15,16)17/h3-5,8,10,19H,6-7,9H2,1-2H3,(H,18,20). The zero-order valence-corrected chi connectivity index (χ0v) is 11.6. The summed E-state index contributed by atoms with van der Waals surface area (Å²) in [5.74, 6) is 0.259. The van der Waals surface area contributed by atoms with E-state index < -0.39 is 11.7 Å². The van der Waals surface area contributed by atoms with Crippen LogP contribution in [0.25, 0.3) is 0 Å². The van der Waals surface area contributed by atoms with Crippen molar-refractivity contribution in [2.45, 2.75) is 26.4 Å². The normalized spacial score (nSPS) is 11.5. The van der Waals surface area contributed by atoms with Gasteiger partial charge in [0, 0.05) is 12.2 Å². The van der Waals surface area contributed by atoms with Gasteiger partial charge < -0.3 is 10.6 Å². The number of benzene rings is 1. The van der Waals surface area contributed by atoms with Crippen molar-refractivity contribution in [1.82, 2.24) is 5.32 Å². The Balaban J connectivity index is 2.44. The van der Waals surface area contributed by atoms with Gasteiger partial charge in [-0.25, -0.2) is 0 Å². The molecule has 0 unspecified atom stereocenters. The van der Waals surface area contributed by atoms with Crippen LogP contribution < -0.4 is 10.6 Å². The van der Waals surface area contributed by atoms with Gasteiger partial charge in [0.25, 0.3) is 0 Å². The molecule has 0 saturated heterocycles. The maximum absolute atomic E-state index is 12.5. The zero-order valence-electron chi connectivity index (χ0n) is 11.6. The smallest absolute Gasteiger partial charge is 0.376 e. The van der Waals surface area contributed by atoms with Gasteiger partial charge in [-0.1, -0.05) is 19.9 Å². The number of hydrogen-bond acceptors (Lipinski definition) is 2. The van der Waals surface area contributed by atoms with E-state index in [-0.39, 0.29) is 18.1 Å². The molecule has 2 N–H and O–H groups in total. The van der Waals surface area contributed by atoms with Gasteiger partial charge in [0.2, 0.25) is 5.91 Å². The number of carbonyl (C=O) groups is 1. The van der Waals surface area contributed by atoms with Crippen molar-refractivity contribution < 1.29 is 18.0 Å². The molecule has 1 aromatic rings. The molecule has 3 nitrogen and oxygen atoms in total. The van der Waals surface area contributed by atoms with Gasteiger partial charge in [0.15, 0.2) is 0 Å². The van der Waals surface area contributed by atoms with Crippen molar-refractivity contribution >= 4 is 11.6 Å². The fraction of sp³-hybridized carbons (Fsp3) is 0.500. The molecule has 0 saturated carbocycles. The van der Waals surface area contributed by atoms with Gasteiger partial charge in [0.05, 0.1) is 12.1 Å². The first-order valence-electron chi connectivity index (χ1n) is 6.47. The highest BCUT2D eigenvalue weighted by Gasteiger charge is 2.30. The summed E-state index contributed by atoms with van der Waals surface area (Å²) in [5.41, 5.74) is -0.457. The summed E-state index contributed by atoms with van der Waals surface area (Å²) in [6, 6.07) is 4.79. The molecule has 0 heterocycles. The molecule has 0 fully saturated rings. The molecule has 0 aliphatic carbocycles. The molecule has 112 valence electrons. The Labute approximate surface area is 116 Å². The number of carbonyl (C=O) groups excluding carboxylic acids is 1. The average molecular weight is 288 g/mol. The second kappa shape index (κ2) is 7.17. The van der Waals surface area contributed by atoms with Crippen LogP contribution in [0.5, 0.6) is 0 Å². The molecule has 0 bridgehead atoms. The molecular weight excluding hydrogens is 269 g/mol. The van der Waals surface area contributed by atoms with Crippen LogP contribution >= 0.6 is 0 Å². The summed E-state index contributed by atoms with van der Waals surface area (Å²) in [6.45, 7) is 4.63. The van der Waals surface area contributed by atoms with Crippen LogP contribution in [0.1, 0.15) is 25.8 Å². The van der Waals surface area contributed by atoms with Crippen molar-refractivity contribution in [3.63, 3.8) is 0 Å². The van der Waals surface area contributed by atoms with E-state index in [1.807, 2.05) is 13.8 Å². The van der Waals surface area contributed by atoms with Gasteiger partial charge >= 0.3 is 6.18 Å². The molecule has 1 rings (SSSR count). The minimum absolute atomic E-state index is 0.0423. The maximum Gasteiger partial charge on any atom is 0.416 e. The molecule has 1 amide bonds. The lowest BCUT2D eigenvalue weighted by Crippen LogP contribution is -2.31. The third-order valence-electron chi connectivity index (χ3n) is 2.69. The predicted molar refractivity (Wildman–Crippen MR) is 72.4 cm³/mol. The van der Waals surface area contributed by atoms with Gasteiger partial charge in [-0.3, -0.25) is 4.79 Å². The van der Waals surface area contributed by atoms with E-state index in [0.29, 0.717) is 12.5 Å². The van der Waals surface area contributed by atoms with Crippen molar-refractivity contribution in [2.75, 3.05) is 18.4 Å². The maximum atomic E-state index is 12.5. The average Bonchev–Trinajstić information content (AvgIpc) is 2.35. The third-order valence-corrected chi connectivity index (χ3v) is 2.69. The number of halogens is 3. The van der Waals surface area contributed by atoms with Crippen LogP contribution in [0.4, 0.5) is 18.9 Å². The Morgan fingerprint density at radius 1 is 1.30 bits per heavy atom. The summed E-state index contributed by atoms with van der Waals surface area (Å²) in [4.78, 5) is 11.5. The summed E-state index contributed by atoms with van der Waals surface area (Å²) in [5, 5.41) is 5.39. The predicted octanol–water partition coefficient (Wildman–Crippen LogP) is 3.28. The van der Waals surface area contributed by atoms with Crippen molar-refractivity contribution in [1.29, 1.82) is 0 Å². The number of amides is 1. The van der Waals surface area contributed by atoms with Gasteiger partial charge in [-0.2, -0.15) is 13.2 Å². The van der Waals surface area contributed by atoms with Crippen LogP contribution in [0.3, 0.4) is 0 Å². The third kappa shape index (κ3) is 5.95. The monoisotopic (exact) mass is 288 g/mol. The number of nitrogens with one attached hydrogen (secondary N) is 2. The van der Waals surface area contributed by atoms with Crippen molar-refractivity contribution in [3.8, 4) is 0 Å². The molecule has 0 aliphatic rings. The second-order valence-electron chi connectivity index (χ2n) is 4.96. The van der Waals surface area contributed by atoms with E-state index >= 15 is 0 Å². The van der Waals surface area contributed by atoms with Crippen LogP contribution in [0.15, 0.2) is 24.3 Å². The summed E-state index contributed by atoms with van der Waals surface area (Å²) < 4.78 is 37.5. The SMILES string of the molecule is CC(C)CCNC(=O)CNc1cccc(C(F)(F)F)c1. The topological polar surface area (TPSA) is 41.1 Å². The lowest BCUT2D eigenvalue weighted by molar-refractivity contribution is -0.137. The number of anilines is 1. The fourth-order valence-corrected chi connectivity index (χ4v) is 1.55. The lowest BCUT2D eigenvalue weighted by atomic mass is 10.1. The Kier molecular flexibility index (Phi) is 5.85. The molecule has 1 aromatic carbocycles. The van der Waals surface area contributed by atoms with Crippen LogP contribution in [0.2, 0.25) is 0 Å². The molecule has 0 atom stereocenters. The summed E-state index contributed by atoms with van der Waals surface area (Å²) in [6.07, 6.45) is -3.51. The van der Waals surface area contributed by atoms with E-state index in [4.69, 9.17) is 0 Å². The fourth-order valence-electron chi connectivity index (χ4n) is 1.55. The highest BCUT2D eigenvalue weighted by molar-refractivity contribution is 5.80. The summed E-state index contributed by atoms with van der Waals surface area (Å²) >= 11 is 0. The second-order valence-corrected chi connectivity index (χ2v) is 4.96. The Bertz CT molecular complexity index is 444. The van der Waals surface area contributed by atoms with Gasteiger partial charge in [-0.15, -0.1) is 0 Å². The molecule has 0 spiro atoms. The van der Waals surface area contributed by atoms with Crippen LogP contribution in [-0.4, -0.2) is 19.0 Å². The molecule has 0 aromatic heterocycles. The van der Waals surface area contributed by atoms with E-state index in [9.17, 15) is 18.0 Å². The van der Waals surface area contributed by atoms with Gasteiger partial charge in [-0.05, 0) is 30.5 Å². The highest BCUT2D eigenvalue weighted by Crippen LogP contribution is 2.30. The van der Waals surface area contributed by atoms with Crippen LogP contribution in [-0.2, 0) is 11.0 Å². The molecule has 0 aliphatic heterocycles. The van der Waals surface area contributed by atoms with E-state index in [1.54, 1.807) is 0 Å². The highest BCUT2D eigenvalue weighted by atomic mass is 19.4. The molecule has 0 radical (unpaired) electrons. The first kappa shape index (κ1) is 16.3. The minimum Gasteiger partial charge on any atom is -0.376 e. The number of rotatable bonds is 6. The molecule has 20 heavy (non-hydrogen) atoms. The first-order chi connectivity index (χ1) is 9.29. The van der Waals surface area contributed by atoms with Crippen LogP contribution in [0, 0.1) is 5.92 Å². The Morgan fingerprint density at radius 3 is 2.60 bits per heavy atom. The van der Waals surface area contributed by atoms with Crippen molar-refractivity contribution in [2.24, 2.45) is 5.92 Å².